The number of fused-ring (bicyclic) bond motifs is 1. The van der Waals surface area contributed by atoms with Crippen LogP contribution < -0.4 is 9.64 Å². The molecule has 0 spiro atoms. The topological polar surface area (TPSA) is 46.6 Å². The molecule has 0 fully saturated rings. The molecule has 4 rings (SSSR count). The third-order valence-corrected chi connectivity index (χ3v) is 4.81. The van der Waals surface area contributed by atoms with E-state index in [1.165, 1.54) is 4.90 Å². The Morgan fingerprint density at radius 2 is 1.59 bits per heavy atom. The number of anilines is 1. The Hall–Kier alpha value is -3.11. The van der Waals surface area contributed by atoms with E-state index in [1.807, 2.05) is 30.3 Å². The maximum absolute atomic E-state index is 12.9. The first kappa shape index (κ1) is 17.3. The number of nitrogens with zero attached hydrogens (tertiary/aromatic N) is 1. The van der Waals surface area contributed by atoms with Crippen molar-refractivity contribution in [1.82, 2.24) is 0 Å². The van der Waals surface area contributed by atoms with Crippen LogP contribution in [0.25, 0.3) is 0 Å². The zero-order valence-electron chi connectivity index (χ0n) is 14.3. The summed E-state index contributed by atoms with van der Waals surface area (Å²) in [6, 6.07) is 22.8. The van der Waals surface area contributed by atoms with E-state index in [9.17, 15) is 9.59 Å². The number of benzene rings is 3. The number of hydrogen-bond acceptors (Lipinski definition) is 3. The number of amides is 1. The number of carbonyl (C=O) groups excluding carboxylic acids is 2. The zero-order valence-corrected chi connectivity index (χ0v) is 15.1. The average Bonchev–Trinajstić information content (AvgIpc) is 2.69. The van der Waals surface area contributed by atoms with Gasteiger partial charge in [-0.2, -0.15) is 0 Å². The minimum Gasteiger partial charge on any atom is -0.410 e. The zero-order chi connectivity index (χ0) is 18.8. The number of carbonyl (C=O) groups is 2. The second-order valence-corrected chi connectivity index (χ2v) is 6.70. The number of hydrogen-bond donors (Lipinski definition) is 0. The lowest BCUT2D eigenvalue weighted by Gasteiger charge is -2.36. The van der Waals surface area contributed by atoms with Crippen LogP contribution >= 0.6 is 11.6 Å². The Balaban J connectivity index is 1.75. The van der Waals surface area contributed by atoms with Crippen molar-refractivity contribution >= 4 is 29.2 Å². The van der Waals surface area contributed by atoms with Gasteiger partial charge in [-0.25, -0.2) is 4.79 Å². The minimum atomic E-state index is -0.512. The van der Waals surface area contributed by atoms with Gasteiger partial charge in [-0.05, 0) is 30.3 Å². The number of halogens is 1. The monoisotopic (exact) mass is 377 g/mol. The molecule has 134 valence electrons. The van der Waals surface area contributed by atoms with E-state index >= 15 is 0 Å². The normalized spacial score (nSPS) is 15.8. The lowest BCUT2D eigenvalue weighted by Crippen LogP contribution is -2.42. The Bertz CT molecular complexity index is 986. The summed E-state index contributed by atoms with van der Waals surface area (Å²) in [5, 5.41) is 0.571. The fourth-order valence-electron chi connectivity index (χ4n) is 3.26. The van der Waals surface area contributed by atoms with E-state index in [0.29, 0.717) is 22.0 Å². The van der Waals surface area contributed by atoms with Gasteiger partial charge in [-0.1, -0.05) is 60.1 Å². The molecule has 1 atom stereocenters. The molecule has 0 saturated carbocycles. The molecule has 0 N–H and O–H groups in total. The molecule has 1 heterocycles. The second-order valence-electron chi connectivity index (χ2n) is 6.26. The molecule has 0 aliphatic carbocycles. The molecule has 0 saturated heterocycles. The molecule has 27 heavy (non-hydrogen) atoms. The van der Waals surface area contributed by atoms with Gasteiger partial charge < -0.3 is 4.74 Å². The average molecular weight is 378 g/mol. The van der Waals surface area contributed by atoms with Crippen LogP contribution in [-0.4, -0.2) is 11.9 Å². The Morgan fingerprint density at radius 1 is 0.926 bits per heavy atom. The molecular weight excluding hydrogens is 362 g/mol. The lowest BCUT2D eigenvalue weighted by molar-refractivity contribution is 0.0971. The van der Waals surface area contributed by atoms with Gasteiger partial charge >= 0.3 is 6.09 Å². The Kier molecular flexibility index (Phi) is 4.65. The summed E-state index contributed by atoms with van der Waals surface area (Å²) in [6.45, 7) is 0. The summed E-state index contributed by atoms with van der Waals surface area (Å²) in [5.74, 6) is 0.447. The smallest absolute Gasteiger partial charge is 0.410 e. The molecule has 1 unspecified atom stereocenters. The van der Waals surface area contributed by atoms with Gasteiger partial charge in [-0.15, -0.1) is 0 Å². The molecule has 1 aliphatic rings. The Labute approximate surface area is 161 Å². The van der Waals surface area contributed by atoms with Gasteiger partial charge in [0.2, 0.25) is 0 Å². The van der Waals surface area contributed by atoms with Crippen LogP contribution in [0.3, 0.4) is 0 Å². The molecule has 0 radical (unpaired) electrons. The van der Waals surface area contributed by atoms with E-state index in [2.05, 4.69) is 0 Å². The molecule has 4 nitrogen and oxygen atoms in total. The maximum atomic E-state index is 12.9. The summed E-state index contributed by atoms with van der Waals surface area (Å²) in [5.41, 5.74) is 2.05. The van der Waals surface area contributed by atoms with E-state index in [-0.39, 0.29) is 12.2 Å². The highest BCUT2D eigenvalue weighted by Crippen LogP contribution is 2.40. The van der Waals surface area contributed by atoms with E-state index in [1.54, 1.807) is 48.5 Å². The summed E-state index contributed by atoms with van der Waals surface area (Å²) in [4.78, 5) is 27.1. The van der Waals surface area contributed by atoms with E-state index in [4.69, 9.17) is 16.3 Å². The summed E-state index contributed by atoms with van der Waals surface area (Å²) < 4.78 is 5.49. The van der Waals surface area contributed by atoms with Gasteiger partial charge in [0.15, 0.2) is 5.78 Å². The largest absolute Gasteiger partial charge is 0.420 e. The Morgan fingerprint density at radius 3 is 2.33 bits per heavy atom. The van der Waals surface area contributed by atoms with Crippen LogP contribution in [0.15, 0.2) is 78.9 Å². The highest BCUT2D eigenvalue weighted by Gasteiger charge is 2.36. The van der Waals surface area contributed by atoms with Gasteiger partial charge in [0, 0.05) is 28.3 Å². The van der Waals surface area contributed by atoms with Crippen molar-refractivity contribution in [1.29, 1.82) is 0 Å². The standard InChI is InChI=1S/C22H16ClNO3/c23-16-10-12-17(13-11-16)24-19(14-20(25)15-6-2-1-3-7-15)18-8-4-5-9-21(18)27-22(24)26/h1-13,19H,14H2. The molecular formula is C22H16ClNO3. The van der Waals surface area contributed by atoms with Gasteiger partial charge in [0.25, 0.3) is 0 Å². The van der Waals surface area contributed by atoms with Crippen molar-refractivity contribution < 1.29 is 14.3 Å². The predicted molar refractivity (Wildman–Crippen MR) is 105 cm³/mol. The summed E-state index contributed by atoms with van der Waals surface area (Å²) in [7, 11) is 0. The first-order chi connectivity index (χ1) is 13.1. The third kappa shape index (κ3) is 3.44. The number of Topliss-reactive ketones (excluding diaryl/α,β-unsaturated/α-hetero) is 1. The summed E-state index contributed by atoms with van der Waals surface area (Å²) >= 11 is 5.98. The van der Waals surface area contributed by atoms with E-state index < -0.39 is 12.1 Å². The fraction of sp³-hybridized carbons (Fsp3) is 0.0909. The molecule has 3 aromatic rings. The predicted octanol–water partition coefficient (Wildman–Crippen LogP) is 5.67. The van der Waals surface area contributed by atoms with Gasteiger partial charge in [0.05, 0.1) is 6.04 Å². The number of rotatable bonds is 4. The van der Waals surface area contributed by atoms with Crippen LogP contribution in [0.2, 0.25) is 5.02 Å². The molecule has 0 aromatic heterocycles. The fourth-order valence-corrected chi connectivity index (χ4v) is 3.39. The van der Waals surface area contributed by atoms with Gasteiger partial charge in [0.1, 0.15) is 5.75 Å². The van der Waals surface area contributed by atoms with Crippen LogP contribution in [-0.2, 0) is 0 Å². The second kappa shape index (κ2) is 7.25. The highest BCUT2D eigenvalue weighted by molar-refractivity contribution is 6.30. The van der Waals surface area contributed by atoms with Crippen molar-refractivity contribution in [2.45, 2.75) is 12.5 Å². The molecule has 3 aromatic carbocycles. The van der Waals surface area contributed by atoms with Crippen LogP contribution in [0.4, 0.5) is 10.5 Å². The van der Waals surface area contributed by atoms with Crippen LogP contribution in [0, 0.1) is 0 Å². The van der Waals surface area contributed by atoms with Crippen LogP contribution in [0.1, 0.15) is 28.4 Å². The van der Waals surface area contributed by atoms with Crippen LogP contribution in [0.5, 0.6) is 5.75 Å². The maximum Gasteiger partial charge on any atom is 0.420 e. The number of ether oxygens (including phenoxy) is 1. The van der Waals surface area contributed by atoms with Crippen molar-refractivity contribution in [3.63, 3.8) is 0 Å². The molecule has 1 aliphatic heterocycles. The quantitative estimate of drug-likeness (QED) is 0.550. The first-order valence-electron chi connectivity index (χ1n) is 8.57. The lowest BCUT2D eigenvalue weighted by atomic mass is 9.94. The van der Waals surface area contributed by atoms with Crippen molar-refractivity contribution in [2.24, 2.45) is 0 Å². The van der Waals surface area contributed by atoms with Gasteiger partial charge in [-0.3, -0.25) is 9.69 Å². The molecule has 0 bridgehead atoms. The van der Waals surface area contributed by atoms with Crippen molar-refractivity contribution in [2.75, 3.05) is 4.90 Å². The summed E-state index contributed by atoms with van der Waals surface area (Å²) in [6.07, 6.45) is -0.361. The third-order valence-electron chi connectivity index (χ3n) is 4.56. The van der Waals surface area contributed by atoms with Crippen molar-refractivity contribution in [3.8, 4) is 5.75 Å². The highest BCUT2D eigenvalue weighted by atomic mass is 35.5. The number of ketones is 1. The molecule has 5 heteroatoms. The number of para-hydroxylation sites is 1. The molecule has 1 amide bonds. The van der Waals surface area contributed by atoms with Crippen molar-refractivity contribution in [3.05, 3.63) is 95.0 Å². The first-order valence-corrected chi connectivity index (χ1v) is 8.95. The minimum absolute atomic E-state index is 0.0379. The van der Waals surface area contributed by atoms with E-state index in [0.717, 1.165) is 5.56 Å². The SMILES string of the molecule is O=C(CC1c2ccccc2OC(=O)N1c1ccc(Cl)cc1)c1ccccc1.